The minimum absolute atomic E-state index is 0.559. The molecule has 0 radical (unpaired) electrons. The van der Waals surface area contributed by atoms with Gasteiger partial charge in [0.05, 0.1) is 6.61 Å². The van der Waals surface area contributed by atoms with Crippen LogP contribution in [0.2, 0.25) is 0 Å². The SMILES string of the molecule is CC(C)c1ccc(OCCc2ccc(N)cc2)cc1. The number of ether oxygens (including phenoxy) is 1. The zero-order valence-corrected chi connectivity index (χ0v) is 11.6. The first-order valence-electron chi connectivity index (χ1n) is 6.72. The maximum atomic E-state index is 5.74. The molecule has 2 nitrogen and oxygen atoms in total. The van der Waals surface area contributed by atoms with Gasteiger partial charge in [0.2, 0.25) is 0 Å². The Hall–Kier alpha value is -1.96. The van der Waals surface area contributed by atoms with E-state index >= 15 is 0 Å². The van der Waals surface area contributed by atoms with Gasteiger partial charge in [-0.2, -0.15) is 0 Å². The molecule has 2 heteroatoms. The number of nitrogen functional groups attached to an aromatic ring is 1. The summed E-state index contributed by atoms with van der Waals surface area (Å²) in [6.07, 6.45) is 0.895. The third-order valence-corrected chi connectivity index (χ3v) is 3.19. The molecule has 0 spiro atoms. The average Bonchev–Trinajstić information content (AvgIpc) is 2.41. The van der Waals surface area contributed by atoms with Crippen molar-refractivity contribution >= 4 is 5.69 Å². The van der Waals surface area contributed by atoms with E-state index in [1.807, 2.05) is 36.4 Å². The molecular formula is C17H21NO. The minimum Gasteiger partial charge on any atom is -0.493 e. The van der Waals surface area contributed by atoms with E-state index in [9.17, 15) is 0 Å². The van der Waals surface area contributed by atoms with Crippen LogP contribution < -0.4 is 10.5 Å². The van der Waals surface area contributed by atoms with E-state index in [0.717, 1.165) is 17.9 Å². The Balaban J connectivity index is 1.83. The van der Waals surface area contributed by atoms with Crippen molar-refractivity contribution in [2.24, 2.45) is 0 Å². The molecule has 2 aromatic rings. The average molecular weight is 255 g/mol. The highest BCUT2D eigenvalue weighted by Gasteiger charge is 2.00. The molecule has 0 unspecified atom stereocenters. The molecule has 0 amide bonds. The van der Waals surface area contributed by atoms with Gasteiger partial charge in [-0.05, 0) is 41.3 Å². The molecule has 19 heavy (non-hydrogen) atoms. The molecule has 0 saturated carbocycles. The van der Waals surface area contributed by atoms with Crippen molar-refractivity contribution in [2.75, 3.05) is 12.3 Å². The standard InChI is InChI=1S/C17H21NO/c1-13(2)15-5-9-17(10-6-15)19-12-11-14-3-7-16(18)8-4-14/h3-10,13H,11-12,18H2,1-2H3. The lowest BCUT2D eigenvalue weighted by Gasteiger charge is -2.09. The quantitative estimate of drug-likeness (QED) is 0.819. The van der Waals surface area contributed by atoms with Gasteiger partial charge in [-0.1, -0.05) is 38.1 Å². The Morgan fingerprint density at radius 1 is 0.947 bits per heavy atom. The lowest BCUT2D eigenvalue weighted by molar-refractivity contribution is 0.322. The number of hydrogen-bond acceptors (Lipinski definition) is 2. The van der Waals surface area contributed by atoms with Gasteiger partial charge in [-0.3, -0.25) is 0 Å². The molecule has 2 N–H and O–H groups in total. The van der Waals surface area contributed by atoms with Crippen molar-refractivity contribution in [3.8, 4) is 5.75 Å². The van der Waals surface area contributed by atoms with Crippen LogP contribution in [0.4, 0.5) is 5.69 Å². The lowest BCUT2D eigenvalue weighted by Crippen LogP contribution is -2.01. The van der Waals surface area contributed by atoms with Crippen molar-refractivity contribution < 1.29 is 4.74 Å². The summed E-state index contributed by atoms with van der Waals surface area (Å²) in [5, 5.41) is 0. The van der Waals surface area contributed by atoms with Gasteiger partial charge in [0, 0.05) is 12.1 Å². The predicted octanol–water partition coefficient (Wildman–Crippen LogP) is 4.01. The van der Waals surface area contributed by atoms with E-state index in [1.165, 1.54) is 11.1 Å². The van der Waals surface area contributed by atoms with E-state index < -0.39 is 0 Å². The number of nitrogens with two attached hydrogens (primary N) is 1. The number of benzene rings is 2. The number of hydrogen-bond donors (Lipinski definition) is 1. The third kappa shape index (κ3) is 4.02. The molecule has 0 saturated heterocycles. The van der Waals surface area contributed by atoms with Gasteiger partial charge in [-0.15, -0.1) is 0 Å². The Kier molecular flexibility index (Phi) is 4.45. The van der Waals surface area contributed by atoms with E-state index in [0.29, 0.717) is 12.5 Å². The Labute approximate surface area is 115 Å². The van der Waals surface area contributed by atoms with Crippen LogP contribution in [0.3, 0.4) is 0 Å². The first kappa shape index (κ1) is 13.5. The summed E-state index contributed by atoms with van der Waals surface area (Å²) in [5.41, 5.74) is 9.04. The minimum atomic E-state index is 0.559. The number of rotatable bonds is 5. The lowest BCUT2D eigenvalue weighted by atomic mass is 10.0. The first-order valence-corrected chi connectivity index (χ1v) is 6.72. The summed E-state index contributed by atoms with van der Waals surface area (Å²) < 4.78 is 5.74. The van der Waals surface area contributed by atoms with Crippen LogP contribution in [0.15, 0.2) is 48.5 Å². The summed E-state index contributed by atoms with van der Waals surface area (Å²) in [4.78, 5) is 0. The monoisotopic (exact) mass is 255 g/mol. The van der Waals surface area contributed by atoms with Gasteiger partial charge >= 0.3 is 0 Å². The van der Waals surface area contributed by atoms with Crippen LogP contribution in [0.1, 0.15) is 30.9 Å². The molecule has 100 valence electrons. The molecule has 0 aliphatic rings. The fourth-order valence-electron chi connectivity index (χ4n) is 1.92. The highest BCUT2D eigenvalue weighted by molar-refractivity contribution is 5.39. The molecule has 0 atom stereocenters. The topological polar surface area (TPSA) is 35.2 Å². The van der Waals surface area contributed by atoms with Crippen molar-refractivity contribution in [1.29, 1.82) is 0 Å². The summed E-state index contributed by atoms with van der Waals surface area (Å²) in [6, 6.07) is 16.3. The Morgan fingerprint density at radius 2 is 1.58 bits per heavy atom. The van der Waals surface area contributed by atoms with Crippen LogP contribution in [0.25, 0.3) is 0 Å². The second-order valence-corrected chi connectivity index (χ2v) is 5.06. The van der Waals surface area contributed by atoms with Crippen molar-refractivity contribution in [3.05, 3.63) is 59.7 Å². The highest BCUT2D eigenvalue weighted by atomic mass is 16.5. The Morgan fingerprint density at radius 3 is 2.16 bits per heavy atom. The Bertz CT molecular complexity index is 500. The van der Waals surface area contributed by atoms with E-state index in [1.54, 1.807) is 0 Å². The van der Waals surface area contributed by atoms with Gasteiger partial charge < -0.3 is 10.5 Å². The third-order valence-electron chi connectivity index (χ3n) is 3.19. The zero-order valence-electron chi connectivity index (χ0n) is 11.6. The van der Waals surface area contributed by atoms with Crippen LogP contribution in [0, 0.1) is 0 Å². The molecule has 0 bridgehead atoms. The fourth-order valence-corrected chi connectivity index (χ4v) is 1.92. The van der Waals surface area contributed by atoms with Crippen molar-refractivity contribution in [3.63, 3.8) is 0 Å². The smallest absolute Gasteiger partial charge is 0.119 e. The van der Waals surface area contributed by atoms with Gasteiger partial charge in [-0.25, -0.2) is 0 Å². The van der Waals surface area contributed by atoms with E-state index in [4.69, 9.17) is 10.5 Å². The fraction of sp³-hybridized carbons (Fsp3) is 0.294. The van der Waals surface area contributed by atoms with Crippen molar-refractivity contribution in [1.82, 2.24) is 0 Å². The molecule has 0 fully saturated rings. The second-order valence-electron chi connectivity index (χ2n) is 5.06. The molecule has 0 aromatic heterocycles. The first-order chi connectivity index (χ1) is 9.15. The van der Waals surface area contributed by atoms with Crippen LogP contribution in [-0.4, -0.2) is 6.61 Å². The maximum absolute atomic E-state index is 5.74. The summed E-state index contributed by atoms with van der Waals surface area (Å²) in [6.45, 7) is 5.07. The van der Waals surface area contributed by atoms with Crippen LogP contribution >= 0.6 is 0 Å². The maximum Gasteiger partial charge on any atom is 0.119 e. The summed E-state index contributed by atoms with van der Waals surface area (Å²) >= 11 is 0. The van der Waals surface area contributed by atoms with Crippen LogP contribution in [-0.2, 0) is 6.42 Å². The molecule has 2 rings (SSSR count). The van der Waals surface area contributed by atoms with E-state index in [-0.39, 0.29) is 0 Å². The zero-order chi connectivity index (χ0) is 13.7. The van der Waals surface area contributed by atoms with Crippen molar-refractivity contribution in [2.45, 2.75) is 26.2 Å². The highest BCUT2D eigenvalue weighted by Crippen LogP contribution is 2.18. The van der Waals surface area contributed by atoms with Gasteiger partial charge in [0.1, 0.15) is 5.75 Å². The molecule has 0 aliphatic heterocycles. The van der Waals surface area contributed by atoms with Gasteiger partial charge in [0.15, 0.2) is 0 Å². The largest absolute Gasteiger partial charge is 0.493 e. The second kappa shape index (κ2) is 6.28. The summed E-state index contributed by atoms with van der Waals surface area (Å²) in [5.74, 6) is 1.49. The summed E-state index contributed by atoms with van der Waals surface area (Å²) in [7, 11) is 0. The number of anilines is 1. The molecule has 0 aliphatic carbocycles. The van der Waals surface area contributed by atoms with Gasteiger partial charge in [0.25, 0.3) is 0 Å². The predicted molar refractivity (Wildman–Crippen MR) is 80.6 cm³/mol. The van der Waals surface area contributed by atoms with Crippen LogP contribution in [0.5, 0.6) is 5.75 Å². The molecule has 0 heterocycles. The molecule has 2 aromatic carbocycles. The molecular weight excluding hydrogens is 234 g/mol. The van der Waals surface area contributed by atoms with E-state index in [2.05, 4.69) is 26.0 Å². The normalized spacial score (nSPS) is 10.7.